The average molecular weight is 141 g/mol. The third-order valence-corrected chi connectivity index (χ3v) is 2.00. The van der Waals surface area contributed by atoms with Gasteiger partial charge < -0.3 is 9.64 Å². The zero-order chi connectivity index (χ0) is 6.97. The molecule has 3 heteroatoms. The highest BCUT2D eigenvalue weighted by Gasteiger charge is 2.29. The number of hydrogen-bond acceptors (Lipinski definition) is 2. The van der Waals surface area contributed by atoms with Gasteiger partial charge >= 0.3 is 0 Å². The minimum Gasteiger partial charge on any atom is -0.371 e. The van der Waals surface area contributed by atoms with Gasteiger partial charge in [-0.1, -0.05) is 0 Å². The van der Waals surface area contributed by atoms with E-state index in [2.05, 4.69) is 0 Å². The molecule has 0 aromatic heterocycles. The Hall–Kier alpha value is -0.570. The predicted molar refractivity (Wildman–Crippen MR) is 35.6 cm³/mol. The Morgan fingerprint density at radius 2 is 2.50 bits per heavy atom. The van der Waals surface area contributed by atoms with E-state index in [1.807, 2.05) is 4.90 Å². The van der Waals surface area contributed by atoms with E-state index in [0.717, 1.165) is 32.5 Å². The van der Waals surface area contributed by atoms with E-state index < -0.39 is 0 Å². The van der Waals surface area contributed by atoms with E-state index in [1.165, 1.54) is 0 Å². The standard InChI is InChI=1S/C7H11NO2/c9-7-2-1-3-8(7)4-6-5-10-6/h6H,1-5H2. The maximum Gasteiger partial charge on any atom is 0.222 e. The highest BCUT2D eigenvalue weighted by molar-refractivity contribution is 5.78. The van der Waals surface area contributed by atoms with Crippen LogP contribution in [0.2, 0.25) is 0 Å². The van der Waals surface area contributed by atoms with Gasteiger partial charge in [0.05, 0.1) is 12.7 Å². The lowest BCUT2D eigenvalue weighted by Crippen LogP contribution is -2.28. The molecule has 2 rings (SSSR count). The van der Waals surface area contributed by atoms with E-state index in [0.29, 0.717) is 12.0 Å². The summed E-state index contributed by atoms with van der Waals surface area (Å²) in [5.41, 5.74) is 0. The summed E-state index contributed by atoms with van der Waals surface area (Å²) in [5.74, 6) is 0.301. The highest BCUT2D eigenvalue weighted by atomic mass is 16.6. The summed E-state index contributed by atoms with van der Waals surface area (Å²) in [6.07, 6.45) is 2.14. The van der Waals surface area contributed by atoms with Gasteiger partial charge in [-0.3, -0.25) is 4.79 Å². The molecule has 10 heavy (non-hydrogen) atoms. The molecule has 0 N–H and O–H groups in total. The van der Waals surface area contributed by atoms with Gasteiger partial charge in [-0.2, -0.15) is 0 Å². The number of ether oxygens (including phenoxy) is 1. The Labute approximate surface area is 60.0 Å². The number of amides is 1. The van der Waals surface area contributed by atoms with Crippen LogP contribution in [0.3, 0.4) is 0 Å². The molecule has 0 aromatic carbocycles. The van der Waals surface area contributed by atoms with Gasteiger partial charge in [0, 0.05) is 19.5 Å². The molecule has 2 aliphatic rings. The largest absolute Gasteiger partial charge is 0.371 e. The molecule has 2 heterocycles. The lowest BCUT2D eigenvalue weighted by Gasteiger charge is -2.12. The lowest BCUT2D eigenvalue weighted by atomic mass is 10.4. The summed E-state index contributed by atoms with van der Waals surface area (Å²) in [6, 6.07) is 0. The van der Waals surface area contributed by atoms with Crippen molar-refractivity contribution in [1.82, 2.24) is 4.90 Å². The van der Waals surface area contributed by atoms with Gasteiger partial charge in [-0.25, -0.2) is 0 Å². The maximum atomic E-state index is 11.0. The summed E-state index contributed by atoms with van der Waals surface area (Å²) in [4.78, 5) is 12.9. The van der Waals surface area contributed by atoms with Gasteiger partial charge in [0.2, 0.25) is 5.91 Å². The number of likely N-dealkylation sites (tertiary alicyclic amines) is 1. The van der Waals surface area contributed by atoms with Crippen LogP contribution >= 0.6 is 0 Å². The quantitative estimate of drug-likeness (QED) is 0.507. The van der Waals surface area contributed by atoms with Crippen molar-refractivity contribution < 1.29 is 9.53 Å². The third kappa shape index (κ3) is 1.14. The van der Waals surface area contributed by atoms with E-state index in [1.54, 1.807) is 0 Å². The third-order valence-electron chi connectivity index (χ3n) is 2.00. The summed E-state index contributed by atoms with van der Waals surface area (Å²) >= 11 is 0. The number of epoxide rings is 1. The summed E-state index contributed by atoms with van der Waals surface area (Å²) in [5, 5.41) is 0. The van der Waals surface area contributed by atoms with Gasteiger partial charge in [0.25, 0.3) is 0 Å². The number of carbonyl (C=O) groups excluding carboxylic acids is 1. The Bertz CT molecular complexity index is 154. The van der Waals surface area contributed by atoms with Crippen molar-refractivity contribution in [2.75, 3.05) is 19.7 Å². The van der Waals surface area contributed by atoms with E-state index in [-0.39, 0.29) is 0 Å². The first kappa shape index (κ1) is 6.16. The van der Waals surface area contributed by atoms with Gasteiger partial charge in [0.1, 0.15) is 0 Å². The first-order chi connectivity index (χ1) is 4.86. The van der Waals surface area contributed by atoms with Crippen LogP contribution < -0.4 is 0 Å². The first-order valence-corrected chi connectivity index (χ1v) is 3.75. The van der Waals surface area contributed by atoms with Crippen molar-refractivity contribution in [3.05, 3.63) is 0 Å². The molecule has 0 spiro atoms. The van der Waals surface area contributed by atoms with Crippen LogP contribution in [0.5, 0.6) is 0 Å². The molecule has 0 radical (unpaired) electrons. The molecule has 0 bridgehead atoms. The minimum atomic E-state index is 0.301. The maximum absolute atomic E-state index is 11.0. The Balaban J connectivity index is 1.84. The molecule has 2 fully saturated rings. The number of carbonyl (C=O) groups is 1. The van der Waals surface area contributed by atoms with Crippen molar-refractivity contribution >= 4 is 5.91 Å². The van der Waals surface area contributed by atoms with Crippen molar-refractivity contribution in [3.8, 4) is 0 Å². The minimum absolute atomic E-state index is 0.301. The first-order valence-electron chi connectivity index (χ1n) is 3.75. The second-order valence-corrected chi connectivity index (χ2v) is 2.90. The summed E-state index contributed by atoms with van der Waals surface area (Å²) in [6.45, 7) is 2.63. The number of hydrogen-bond donors (Lipinski definition) is 0. The monoisotopic (exact) mass is 141 g/mol. The fraction of sp³-hybridized carbons (Fsp3) is 0.857. The van der Waals surface area contributed by atoms with Crippen LogP contribution in [0.4, 0.5) is 0 Å². The van der Waals surface area contributed by atoms with Gasteiger partial charge in [-0.05, 0) is 6.42 Å². The molecule has 2 aliphatic heterocycles. The van der Waals surface area contributed by atoms with Gasteiger partial charge in [-0.15, -0.1) is 0 Å². The highest BCUT2D eigenvalue weighted by Crippen LogP contribution is 2.16. The predicted octanol–water partition coefficient (Wildman–Crippen LogP) is 0.00760. The molecule has 0 saturated carbocycles. The SMILES string of the molecule is O=C1CCCN1CC1CO1. The van der Waals surface area contributed by atoms with Crippen LogP contribution in [-0.2, 0) is 9.53 Å². The Morgan fingerprint density at radius 3 is 3.00 bits per heavy atom. The zero-order valence-electron chi connectivity index (χ0n) is 5.88. The van der Waals surface area contributed by atoms with E-state index in [9.17, 15) is 4.79 Å². The lowest BCUT2D eigenvalue weighted by molar-refractivity contribution is -0.127. The summed E-state index contributed by atoms with van der Waals surface area (Å²) in [7, 11) is 0. The molecule has 0 aliphatic carbocycles. The second-order valence-electron chi connectivity index (χ2n) is 2.90. The zero-order valence-corrected chi connectivity index (χ0v) is 5.88. The number of rotatable bonds is 2. The molecule has 56 valence electrons. The molecular weight excluding hydrogens is 130 g/mol. The summed E-state index contributed by atoms with van der Waals surface area (Å²) < 4.78 is 5.02. The van der Waals surface area contributed by atoms with Crippen LogP contribution in [0.15, 0.2) is 0 Å². The Kier molecular flexibility index (Phi) is 1.38. The molecule has 2 saturated heterocycles. The fourth-order valence-corrected chi connectivity index (χ4v) is 1.32. The smallest absolute Gasteiger partial charge is 0.222 e. The van der Waals surface area contributed by atoms with E-state index in [4.69, 9.17) is 4.74 Å². The molecule has 3 nitrogen and oxygen atoms in total. The van der Waals surface area contributed by atoms with Crippen molar-refractivity contribution in [3.63, 3.8) is 0 Å². The second kappa shape index (κ2) is 2.23. The molecule has 1 unspecified atom stereocenters. The van der Waals surface area contributed by atoms with Crippen LogP contribution in [0.25, 0.3) is 0 Å². The molecular formula is C7H11NO2. The molecule has 1 amide bonds. The van der Waals surface area contributed by atoms with Crippen molar-refractivity contribution in [2.24, 2.45) is 0 Å². The van der Waals surface area contributed by atoms with Gasteiger partial charge in [0.15, 0.2) is 0 Å². The van der Waals surface area contributed by atoms with Crippen molar-refractivity contribution in [1.29, 1.82) is 0 Å². The van der Waals surface area contributed by atoms with Crippen LogP contribution in [0.1, 0.15) is 12.8 Å². The van der Waals surface area contributed by atoms with Crippen LogP contribution in [-0.4, -0.2) is 36.6 Å². The van der Waals surface area contributed by atoms with Crippen LogP contribution in [0, 0.1) is 0 Å². The topological polar surface area (TPSA) is 32.8 Å². The number of nitrogens with zero attached hydrogens (tertiary/aromatic N) is 1. The fourth-order valence-electron chi connectivity index (χ4n) is 1.32. The Morgan fingerprint density at radius 1 is 1.70 bits per heavy atom. The van der Waals surface area contributed by atoms with Crippen molar-refractivity contribution in [2.45, 2.75) is 18.9 Å². The molecule has 1 atom stereocenters. The normalized spacial score (nSPS) is 31.4. The average Bonchev–Trinajstić information content (AvgIpc) is 2.62. The molecule has 0 aromatic rings. The van der Waals surface area contributed by atoms with E-state index >= 15 is 0 Å².